The van der Waals surface area contributed by atoms with Gasteiger partial charge in [-0.25, -0.2) is 0 Å². The Morgan fingerprint density at radius 2 is 1.47 bits per heavy atom. The van der Waals surface area contributed by atoms with Crippen molar-refractivity contribution in [1.29, 1.82) is 0 Å². The van der Waals surface area contributed by atoms with Crippen molar-refractivity contribution in [3.05, 3.63) is 71.8 Å². The number of rotatable bonds is 4. The monoisotopic (exact) mass is 476 g/mol. The molecule has 2 aliphatic heterocycles. The van der Waals surface area contributed by atoms with Crippen LogP contribution in [0, 0.1) is 0 Å². The zero-order valence-corrected chi connectivity index (χ0v) is 20.3. The number of likely N-dealkylation sites (tertiary alicyclic amines) is 1. The molecule has 0 aliphatic carbocycles. The second-order valence-corrected chi connectivity index (χ2v) is 10.2. The Labute approximate surface area is 203 Å². The van der Waals surface area contributed by atoms with Crippen molar-refractivity contribution in [2.24, 2.45) is 0 Å². The zero-order valence-electron chi connectivity index (χ0n) is 19.5. The summed E-state index contributed by atoms with van der Waals surface area (Å²) in [7, 11) is 3.16. The molecule has 0 unspecified atom stereocenters. The topological polar surface area (TPSA) is 59.1 Å². The van der Waals surface area contributed by atoms with E-state index in [2.05, 4.69) is 6.07 Å². The van der Waals surface area contributed by atoms with Crippen LogP contribution >= 0.6 is 11.8 Å². The van der Waals surface area contributed by atoms with Crippen LogP contribution in [0.25, 0.3) is 10.8 Å². The van der Waals surface area contributed by atoms with Gasteiger partial charge in [-0.2, -0.15) is 0 Å². The first-order valence-electron chi connectivity index (χ1n) is 11.5. The van der Waals surface area contributed by atoms with Gasteiger partial charge in [0.1, 0.15) is 11.5 Å². The average Bonchev–Trinajstić information content (AvgIpc) is 3.30. The number of nitrogens with zero attached hydrogens (tertiary/aromatic N) is 2. The minimum absolute atomic E-state index is 0.0171. The molecule has 2 saturated heterocycles. The molecular formula is C27H28N2O4S. The standard InChI is InChI=1S/C27H28N2O4S/c1-32-23-16-22(17-24(18-23)33-2)26(31)29-13-14-34-27(29)9-11-28(12-10-27)25(30)21-8-7-19-5-3-4-6-20(19)15-21/h3-8,15-18H,9-14H2,1-2H3. The normalized spacial score (nSPS) is 17.2. The van der Waals surface area contributed by atoms with Gasteiger partial charge in [-0.3, -0.25) is 9.59 Å². The van der Waals surface area contributed by atoms with Gasteiger partial charge in [-0.15, -0.1) is 11.8 Å². The molecule has 5 rings (SSSR count). The molecule has 2 aliphatic rings. The lowest BCUT2D eigenvalue weighted by Gasteiger charge is -2.44. The highest BCUT2D eigenvalue weighted by atomic mass is 32.2. The number of thioether (sulfide) groups is 1. The Hall–Kier alpha value is -3.19. The fourth-order valence-electron chi connectivity index (χ4n) is 4.96. The second kappa shape index (κ2) is 9.22. The number of fused-ring (bicyclic) bond motifs is 1. The quantitative estimate of drug-likeness (QED) is 0.547. The number of benzene rings is 3. The molecule has 0 saturated carbocycles. The fraction of sp³-hybridized carbons (Fsp3) is 0.333. The first-order valence-corrected chi connectivity index (χ1v) is 12.5. The van der Waals surface area contributed by atoms with Crippen molar-refractivity contribution in [3.63, 3.8) is 0 Å². The molecule has 0 aromatic heterocycles. The molecule has 0 radical (unpaired) electrons. The van der Waals surface area contributed by atoms with Crippen molar-refractivity contribution in [3.8, 4) is 11.5 Å². The van der Waals surface area contributed by atoms with Crippen LogP contribution in [0.5, 0.6) is 11.5 Å². The molecule has 2 fully saturated rings. The van der Waals surface area contributed by atoms with E-state index >= 15 is 0 Å². The predicted molar refractivity (Wildman–Crippen MR) is 135 cm³/mol. The van der Waals surface area contributed by atoms with Crippen molar-refractivity contribution < 1.29 is 19.1 Å². The molecule has 3 aromatic rings. The lowest BCUT2D eigenvalue weighted by Crippen LogP contribution is -2.53. The Morgan fingerprint density at radius 1 is 0.794 bits per heavy atom. The average molecular weight is 477 g/mol. The molecule has 7 heteroatoms. The molecule has 176 valence electrons. The molecule has 2 amide bonds. The summed E-state index contributed by atoms with van der Waals surface area (Å²) in [5.74, 6) is 2.13. The first-order chi connectivity index (χ1) is 16.5. The number of piperidine rings is 1. The highest BCUT2D eigenvalue weighted by Crippen LogP contribution is 2.45. The van der Waals surface area contributed by atoms with Crippen LogP contribution in [-0.2, 0) is 0 Å². The molecule has 2 heterocycles. The number of carbonyl (C=O) groups is 2. The van der Waals surface area contributed by atoms with Crippen LogP contribution in [0.15, 0.2) is 60.7 Å². The van der Waals surface area contributed by atoms with Gasteiger partial charge in [0.05, 0.1) is 19.1 Å². The summed E-state index contributed by atoms with van der Waals surface area (Å²) in [4.78, 5) is 30.4. The van der Waals surface area contributed by atoms with Gasteiger partial charge in [0.25, 0.3) is 11.8 Å². The Bertz CT molecular complexity index is 1210. The van der Waals surface area contributed by atoms with Crippen LogP contribution in [0.3, 0.4) is 0 Å². The van der Waals surface area contributed by atoms with Crippen LogP contribution in [0.1, 0.15) is 33.6 Å². The van der Waals surface area contributed by atoms with Crippen LogP contribution in [0.4, 0.5) is 0 Å². The van der Waals surface area contributed by atoms with E-state index in [-0.39, 0.29) is 16.7 Å². The van der Waals surface area contributed by atoms with Crippen molar-refractivity contribution >= 4 is 34.3 Å². The summed E-state index contributed by atoms with van der Waals surface area (Å²) in [6, 6.07) is 19.2. The molecular weight excluding hydrogens is 448 g/mol. The Kier molecular flexibility index (Phi) is 6.13. The third kappa shape index (κ3) is 4.09. The summed E-state index contributed by atoms with van der Waals surface area (Å²) in [6.45, 7) is 1.95. The van der Waals surface area contributed by atoms with Crippen LogP contribution in [-0.4, -0.2) is 66.1 Å². The number of carbonyl (C=O) groups excluding carboxylic acids is 2. The maximum absolute atomic E-state index is 13.5. The number of methoxy groups -OCH3 is 2. The second-order valence-electron chi connectivity index (χ2n) is 8.71. The predicted octanol–water partition coefficient (Wildman–Crippen LogP) is 4.68. The summed E-state index contributed by atoms with van der Waals surface area (Å²) in [6.07, 6.45) is 1.51. The smallest absolute Gasteiger partial charge is 0.255 e. The van der Waals surface area contributed by atoms with Gasteiger partial charge in [0, 0.05) is 42.6 Å². The minimum Gasteiger partial charge on any atom is -0.497 e. The van der Waals surface area contributed by atoms with Gasteiger partial charge in [0.2, 0.25) is 0 Å². The molecule has 6 nitrogen and oxygen atoms in total. The van der Waals surface area contributed by atoms with Crippen molar-refractivity contribution in [2.75, 3.05) is 39.6 Å². The van der Waals surface area contributed by atoms with Gasteiger partial charge in [-0.05, 0) is 47.9 Å². The molecule has 34 heavy (non-hydrogen) atoms. The van der Waals surface area contributed by atoms with Crippen LogP contribution in [0.2, 0.25) is 0 Å². The van der Waals surface area contributed by atoms with E-state index in [1.165, 1.54) is 0 Å². The van der Waals surface area contributed by atoms with E-state index < -0.39 is 0 Å². The van der Waals surface area contributed by atoms with Gasteiger partial charge < -0.3 is 19.3 Å². The zero-order chi connectivity index (χ0) is 23.7. The third-order valence-electron chi connectivity index (χ3n) is 6.85. The summed E-state index contributed by atoms with van der Waals surface area (Å²) < 4.78 is 10.7. The van der Waals surface area contributed by atoms with Gasteiger partial charge in [0.15, 0.2) is 0 Å². The van der Waals surface area contributed by atoms with Gasteiger partial charge in [-0.1, -0.05) is 30.3 Å². The maximum Gasteiger partial charge on any atom is 0.255 e. The molecule has 1 spiro atoms. The number of hydrogen-bond donors (Lipinski definition) is 0. The Morgan fingerprint density at radius 3 is 2.15 bits per heavy atom. The van der Waals surface area contributed by atoms with Crippen LogP contribution < -0.4 is 9.47 Å². The molecule has 0 atom stereocenters. The van der Waals surface area contributed by atoms with E-state index in [4.69, 9.17) is 9.47 Å². The van der Waals surface area contributed by atoms with E-state index in [0.29, 0.717) is 42.3 Å². The van der Waals surface area contributed by atoms with E-state index in [9.17, 15) is 9.59 Å². The summed E-state index contributed by atoms with van der Waals surface area (Å²) in [5.41, 5.74) is 1.28. The minimum atomic E-state index is -0.284. The van der Waals surface area contributed by atoms with Gasteiger partial charge >= 0.3 is 0 Å². The maximum atomic E-state index is 13.5. The number of amides is 2. The largest absolute Gasteiger partial charge is 0.497 e. The lowest BCUT2D eigenvalue weighted by molar-refractivity contribution is 0.0497. The van der Waals surface area contributed by atoms with E-state index in [1.807, 2.05) is 58.0 Å². The molecule has 3 aromatic carbocycles. The fourth-order valence-corrected chi connectivity index (χ4v) is 6.42. The highest BCUT2D eigenvalue weighted by Gasteiger charge is 2.47. The number of ether oxygens (including phenoxy) is 2. The Balaban J connectivity index is 1.32. The summed E-state index contributed by atoms with van der Waals surface area (Å²) in [5, 5.41) is 2.20. The molecule has 0 N–H and O–H groups in total. The van der Waals surface area contributed by atoms with E-state index in [0.717, 1.165) is 29.4 Å². The van der Waals surface area contributed by atoms with E-state index in [1.54, 1.807) is 32.4 Å². The molecule has 0 bridgehead atoms. The third-order valence-corrected chi connectivity index (χ3v) is 8.40. The number of hydrogen-bond acceptors (Lipinski definition) is 5. The summed E-state index contributed by atoms with van der Waals surface area (Å²) >= 11 is 1.83. The van der Waals surface area contributed by atoms with Crippen molar-refractivity contribution in [2.45, 2.75) is 17.7 Å². The first kappa shape index (κ1) is 22.6. The van der Waals surface area contributed by atoms with Crippen molar-refractivity contribution in [1.82, 2.24) is 9.80 Å². The highest BCUT2D eigenvalue weighted by molar-refractivity contribution is 8.00. The SMILES string of the molecule is COc1cc(OC)cc(C(=O)N2CCSC23CCN(C(=O)c2ccc4ccccc4c2)CC3)c1. The lowest BCUT2D eigenvalue weighted by atomic mass is 9.99.